The second-order valence-electron chi connectivity index (χ2n) is 8.52. The molecular weight excluding hydrogens is 435 g/mol. The number of benzene rings is 4. The molecule has 166 valence electrons. The molecule has 0 unspecified atom stereocenters. The molecule has 6 aromatic rings. The smallest absolute Gasteiger partial charge is 0.144 e. The summed E-state index contributed by atoms with van der Waals surface area (Å²) < 4.78 is 20.3. The van der Waals surface area contributed by atoms with Crippen LogP contribution in [0.1, 0.15) is 11.1 Å². The number of para-hydroxylation sites is 1. The highest BCUT2D eigenvalue weighted by atomic mass is 19.1. The van der Waals surface area contributed by atoms with E-state index in [2.05, 4.69) is 35.3 Å². The normalized spacial score (nSPS) is 11.1. The van der Waals surface area contributed by atoms with E-state index in [9.17, 15) is 9.65 Å². The van der Waals surface area contributed by atoms with E-state index in [1.54, 1.807) is 13.0 Å². The highest BCUT2D eigenvalue weighted by molar-refractivity contribution is 6.13. The summed E-state index contributed by atoms with van der Waals surface area (Å²) in [5.41, 5.74) is 7.70. The minimum absolute atomic E-state index is 0.342. The molecule has 2 heterocycles. The average Bonchev–Trinajstić information content (AvgIpc) is 3.29. The van der Waals surface area contributed by atoms with Crippen molar-refractivity contribution >= 4 is 21.9 Å². The van der Waals surface area contributed by atoms with Gasteiger partial charge in [-0.25, -0.2) is 4.39 Å². The molecule has 2 aromatic heterocycles. The summed E-state index contributed by atoms with van der Waals surface area (Å²) in [6, 6.07) is 32.0. The minimum Gasteiger partial charge on any atom is -0.455 e. The molecular formula is C31H19FN2O. The maximum absolute atomic E-state index is 13.8. The van der Waals surface area contributed by atoms with Crippen LogP contribution in [0.4, 0.5) is 4.39 Å². The summed E-state index contributed by atoms with van der Waals surface area (Å²) in [5, 5.41) is 11.7. The van der Waals surface area contributed by atoms with E-state index in [4.69, 9.17) is 4.42 Å². The van der Waals surface area contributed by atoms with Crippen molar-refractivity contribution in [2.45, 2.75) is 6.92 Å². The van der Waals surface area contributed by atoms with Crippen LogP contribution in [-0.2, 0) is 0 Å². The Morgan fingerprint density at radius 2 is 1.49 bits per heavy atom. The van der Waals surface area contributed by atoms with Gasteiger partial charge in [0.2, 0.25) is 0 Å². The number of furan rings is 1. The molecule has 0 aliphatic heterocycles. The number of nitriles is 1. The van der Waals surface area contributed by atoms with Gasteiger partial charge in [0.05, 0.1) is 23.5 Å². The summed E-state index contributed by atoms with van der Waals surface area (Å²) in [7, 11) is 0. The fourth-order valence-electron chi connectivity index (χ4n) is 4.59. The summed E-state index contributed by atoms with van der Waals surface area (Å²) >= 11 is 0. The molecule has 4 aromatic carbocycles. The summed E-state index contributed by atoms with van der Waals surface area (Å²) in [4.78, 5) is 4.30. The first-order valence-corrected chi connectivity index (χ1v) is 11.3. The van der Waals surface area contributed by atoms with Crippen LogP contribution in [0.15, 0.2) is 102 Å². The molecule has 6 rings (SSSR count). The van der Waals surface area contributed by atoms with Crippen molar-refractivity contribution in [3.05, 3.63) is 114 Å². The van der Waals surface area contributed by atoms with Gasteiger partial charge in [-0.15, -0.1) is 0 Å². The second-order valence-corrected chi connectivity index (χ2v) is 8.52. The van der Waals surface area contributed by atoms with Crippen molar-refractivity contribution in [2.24, 2.45) is 0 Å². The number of nitrogens with zero attached hydrogens (tertiary/aromatic N) is 2. The minimum atomic E-state index is -0.342. The van der Waals surface area contributed by atoms with Gasteiger partial charge in [-0.3, -0.25) is 4.98 Å². The lowest BCUT2D eigenvalue weighted by Crippen LogP contribution is -1.89. The first-order chi connectivity index (χ1) is 17.1. The Morgan fingerprint density at radius 3 is 2.23 bits per heavy atom. The summed E-state index contributed by atoms with van der Waals surface area (Å²) in [5.74, 6) is -0.342. The molecule has 0 saturated carbocycles. The Hall–Kier alpha value is -4.75. The Labute approximate surface area is 201 Å². The number of hydrogen-bond donors (Lipinski definition) is 0. The number of pyridine rings is 1. The van der Waals surface area contributed by atoms with Gasteiger partial charge in [0, 0.05) is 21.9 Å². The van der Waals surface area contributed by atoms with Crippen LogP contribution < -0.4 is 0 Å². The molecule has 0 saturated heterocycles. The van der Waals surface area contributed by atoms with Gasteiger partial charge < -0.3 is 4.42 Å². The third kappa shape index (κ3) is 3.46. The van der Waals surface area contributed by atoms with Crippen molar-refractivity contribution in [2.75, 3.05) is 0 Å². The van der Waals surface area contributed by atoms with Crippen LogP contribution in [0.2, 0.25) is 0 Å². The van der Waals surface area contributed by atoms with E-state index in [1.807, 2.05) is 60.7 Å². The highest BCUT2D eigenvalue weighted by Crippen LogP contribution is 2.41. The van der Waals surface area contributed by atoms with E-state index in [0.29, 0.717) is 28.0 Å². The van der Waals surface area contributed by atoms with Gasteiger partial charge in [0.1, 0.15) is 17.0 Å². The zero-order valence-electron chi connectivity index (χ0n) is 18.9. The maximum Gasteiger partial charge on any atom is 0.144 e. The average molecular weight is 455 g/mol. The van der Waals surface area contributed by atoms with Gasteiger partial charge in [-0.05, 0) is 53.4 Å². The van der Waals surface area contributed by atoms with Crippen molar-refractivity contribution < 1.29 is 8.81 Å². The molecule has 3 nitrogen and oxygen atoms in total. The lowest BCUT2D eigenvalue weighted by atomic mass is 9.95. The number of fused-ring (bicyclic) bond motifs is 3. The van der Waals surface area contributed by atoms with Gasteiger partial charge in [-0.1, -0.05) is 66.7 Å². The predicted octanol–water partition coefficient (Wildman–Crippen LogP) is 8.30. The molecule has 0 atom stereocenters. The third-order valence-corrected chi connectivity index (χ3v) is 6.39. The lowest BCUT2D eigenvalue weighted by molar-refractivity contribution is 0.612. The van der Waals surface area contributed by atoms with E-state index >= 15 is 0 Å². The molecule has 0 aliphatic rings. The molecule has 0 N–H and O–H groups in total. The van der Waals surface area contributed by atoms with Crippen LogP contribution >= 0.6 is 0 Å². The molecule has 0 radical (unpaired) electrons. The van der Waals surface area contributed by atoms with Crippen molar-refractivity contribution in [3.8, 4) is 39.6 Å². The Bertz CT molecular complexity index is 1760. The molecule has 0 amide bonds. The van der Waals surface area contributed by atoms with Crippen molar-refractivity contribution in [3.63, 3.8) is 0 Å². The Kier molecular flexibility index (Phi) is 4.90. The SMILES string of the molecule is Cc1cc(-c2cccc3c2oc2c(-c4ccc(-c5ccccc5)cc4)c(C#N)ccc23)ncc1F. The first kappa shape index (κ1) is 20.8. The lowest BCUT2D eigenvalue weighted by Gasteiger charge is -2.07. The monoisotopic (exact) mass is 454 g/mol. The molecule has 0 aliphatic carbocycles. The van der Waals surface area contributed by atoms with Crippen molar-refractivity contribution in [1.29, 1.82) is 5.26 Å². The number of rotatable bonds is 3. The predicted molar refractivity (Wildman–Crippen MR) is 137 cm³/mol. The fraction of sp³-hybridized carbons (Fsp3) is 0.0323. The van der Waals surface area contributed by atoms with Crippen molar-refractivity contribution in [1.82, 2.24) is 4.98 Å². The number of halogens is 1. The summed E-state index contributed by atoms with van der Waals surface area (Å²) in [6.07, 6.45) is 1.24. The topological polar surface area (TPSA) is 49.8 Å². The van der Waals surface area contributed by atoms with E-state index in [0.717, 1.165) is 38.6 Å². The quantitative estimate of drug-likeness (QED) is 0.270. The standard InChI is InChI=1S/C31H19FN2O/c1-19-16-28(34-18-27(19)32)26-9-5-8-24-25-15-14-23(17-33)29(31(25)35-30(24)26)22-12-10-21(11-13-22)20-6-3-2-4-7-20/h2-16,18H,1H3. The molecule has 35 heavy (non-hydrogen) atoms. The van der Waals surface area contributed by atoms with Crippen LogP contribution in [-0.4, -0.2) is 4.98 Å². The third-order valence-electron chi connectivity index (χ3n) is 6.39. The van der Waals surface area contributed by atoms with Crippen LogP contribution in [0.3, 0.4) is 0 Å². The molecule has 0 fully saturated rings. The zero-order chi connectivity index (χ0) is 23.9. The number of aryl methyl sites for hydroxylation is 1. The van der Waals surface area contributed by atoms with Crippen LogP contribution in [0, 0.1) is 24.1 Å². The van der Waals surface area contributed by atoms with Crippen LogP contribution in [0.5, 0.6) is 0 Å². The van der Waals surface area contributed by atoms with Crippen LogP contribution in [0.25, 0.3) is 55.4 Å². The first-order valence-electron chi connectivity index (χ1n) is 11.3. The number of hydrogen-bond acceptors (Lipinski definition) is 3. The van der Waals surface area contributed by atoms with Gasteiger partial charge in [0.15, 0.2) is 0 Å². The second kappa shape index (κ2) is 8.23. The number of aromatic nitrogens is 1. The van der Waals surface area contributed by atoms with Gasteiger partial charge in [0.25, 0.3) is 0 Å². The van der Waals surface area contributed by atoms with E-state index in [-0.39, 0.29) is 5.82 Å². The van der Waals surface area contributed by atoms with Gasteiger partial charge in [-0.2, -0.15) is 5.26 Å². The molecule has 0 spiro atoms. The molecule has 4 heteroatoms. The Morgan fingerprint density at radius 1 is 0.771 bits per heavy atom. The zero-order valence-corrected chi connectivity index (χ0v) is 18.9. The summed E-state index contributed by atoms with van der Waals surface area (Å²) in [6.45, 7) is 1.72. The Balaban J connectivity index is 1.57. The maximum atomic E-state index is 13.8. The van der Waals surface area contributed by atoms with E-state index in [1.165, 1.54) is 6.20 Å². The van der Waals surface area contributed by atoms with Gasteiger partial charge >= 0.3 is 0 Å². The van der Waals surface area contributed by atoms with E-state index < -0.39 is 0 Å². The fourth-order valence-corrected chi connectivity index (χ4v) is 4.59. The highest BCUT2D eigenvalue weighted by Gasteiger charge is 2.19. The molecule has 0 bridgehead atoms. The largest absolute Gasteiger partial charge is 0.455 e.